The van der Waals surface area contributed by atoms with Crippen molar-refractivity contribution in [1.82, 2.24) is 0 Å². The van der Waals surface area contributed by atoms with E-state index in [9.17, 15) is 25.5 Å². The lowest BCUT2D eigenvalue weighted by Gasteiger charge is -2.39. The Labute approximate surface area is 126 Å². The summed E-state index contributed by atoms with van der Waals surface area (Å²) in [5.74, 6) is -0.469. The van der Waals surface area contributed by atoms with Crippen LogP contribution in [0.3, 0.4) is 0 Å². The van der Waals surface area contributed by atoms with Crippen LogP contribution in [-0.4, -0.2) is 74.6 Å². The second kappa shape index (κ2) is 7.23. The van der Waals surface area contributed by atoms with Gasteiger partial charge in [-0.1, -0.05) is 6.07 Å². The van der Waals surface area contributed by atoms with Gasteiger partial charge in [0.25, 0.3) is 0 Å². The number of aliphatic hydroxyl groups excluding tert-OH is 4. The lowest BCUT2D eigenvalue weighted by molar-refractivity contribution is -0.300. The van der Waals surface area contributed by atoms with Crippen molar-refractivity contribution >= 4 is 0 Å². The fraction of sp³-hybridized carbons (Fsp3) is 0.571. The maximum absolute atomic E-state index is 9.78. The summed E-state index contributed by atoms with van der Waals surface area (Å²) in [5.41, 5.74) is 0.694. The molecular weight excluding hydrogens is 296 g/mol. The van der Waals surface area contributed by atoms with Gasteiger partial charge in [0.05, 0.1) is 13.2 Å². The SMILES string of the molecule is OC[C@H]1OC(OCCc2ccc(O)c(O)c2)[C@H](O)[C@@H](O)[C@H]1O. The zero-order valence-corrected chi connectivity index (χ0v) is 11.7. The van der Waals surface area contributed by atoms with E-state index < -0.39 is 37.3 Å². The third-order valence-corrected chi connectivity index (χ3v) is 3.56. The summed E-state index contributed by atoms with van der Waals surface area (Å²) in [6.45, 7) is -0.413. The lowest BCUT2D eigenvalue weighted by Crippen LogP contribution is -2.59. The first kappa shape index (κ1) is 16.9. The Morgan fingerprint density at radius 1 is 1.00 bits per heavy atom. The lowest BCUT2D eigenvalue weighted by atomic mass is 9.99. The number of ether oxygens (including phenoxy) is 2. The van der Waals surface area contributed by atoms with Crippen LogP contribution in [0.25, 0.3) is 0 Å². The van der Waals surface area contributed by atoms with Crippen molar-refractivity contribution in [3.8, 4) is 11.5 Å². The van der Waals surface area contributed by atoms with E-state index >= 15 is 0 Å². The van der Waals surface area contributed by atoms with Gasteiger partial charge in [-0.3, -0.25) is 0 Å². The van der Waals surface area contributed by atoms with E-state index in [0.29, 0.717) is 12.0 Å². The third-order valence-electron chi connectivity index (χ3n) is 3.56. The first-order chi connectivity index (χ1) is 10.4. The molecule has 6 N–H and O–H groups in total. The van der Waals surface area contributed by atoms with Crippen LogP contribution >= 0.6 is 0 Å². The summed E-state index contributed by atoms with van der Waals surface area (Å²) in [4.78, 5) is 0. The van der Waals surface area contributed by atoms with Crippen LogP contribution in [0.2, 0.25) is 0 Å². The van der Waals surface area contributed by atoms with Crippen molar-refractivity contribution in [2.75, 3.05) is 13.2 Å². The minimum absolute atomic E-state index is 0.104. The fourth-order valence-electron chi connectivity index (χ4n) is 2.22. The summed E-state index contributed by atoms with van der Waals surface area (Å²) in [5, 5.41) is 56.7. The van der Waals surface area contributed by atoms with Crippen molar-refractivity contribution in [3.63, 3.8) is 0 Å². The Kier molecular flexibility index (Phi) is 5.57. The van der Waals surface area contributed by atoms with Crippen LogP contribution in [0.4, 0.5) is 0 Å². The molecule has 1 fully saturated rings. The predicted octanol–water partition coefficient (Wildman–Crippen LogP) is -1.54. The Bertz CT molecular complexity index is 492. The van der Waals surface area contributed by atoms with E-state index in [1.54, 1.807) is 6.07 Å². The first-order valence-electron chi connectivity index (χ1n) is 6.87. The van der Waals surface area contributed by atoms with E-state index in [1.807, 2.05) is 0 Å². The molecule has 8 nitrogen and oxygen atoms in total. The van der Waals surface area contributed by atoms with Gasteiger partial charge in [-0.25, -0.2) is 0 Å². The van der Waals surface area contributed by atoms with Crippen molar-refractivity contribution < 1.29 is 40.1 Å². The van der Waals surface area contributed by atoms with Crippen molar-refractivity contribution in [3.05, 3.63) is 23.8 Å². The predicted molar refractivity (Wildman–Crippen MR) is 73.2 cm³/mol. The molecule has 8 heteroatoms. The molecule has 0 saturated carbocycles. The molecule has 1 aromatic rings. The first-order valence-corrected chi connectivity index (χ1v) is 6.87. The summed E-state index contributed by atoms with van der Waals surface area (Å²) < 4.78 is 10.5. The Morgan fingerprint density at radius 2 is 1.73 bits per heavy atom. The summed E-state index contributed by atoms with van der Waals surface area (Å²) in [6.07, 6.45) is -6.17. The van der Waals surface area contributed by atoms with E-state index in [2.05, 4.69) is 0 Å². The molecule has 1 aromatic carbocycles. The van der Waals surface area contributed by atoms with Crippen molar-refractivity contribution in [1.29, 1.82) is 0 Å². The van der Waals surface area contributed by atoms with Gasteiger partial charge in [0.2, 0.25) is 0 Å². The van der Waals surface area contributed by atoms with E-state index in [1.165, 1.54) is 12.1 Å². The molecule has 1 heterocycles. The van der Waals surface area contributed by atoms with Gasteiger partial charge in [-0.2, -0.15) is 0 Å². The van der Waals surface area contributed by atoms with Crippen molar-refractivity contribution in [2.24, 2.45) is 0 Å². The largest absolute Gasteiger partial charge is 0.504 e. The van der Waals surface area contributed by atoms with Gasteiger partial charge in [0.15, 0.2) is 17.8 Å². The number of hydrogen-bond acceptors (Lipinski definition) is 8. The van der Waals surface area contributed by atoms with E-state index in [4.69, 9.17) is 14.6 Å². The summed E-state index contributed by atoms with van der Waals surface area (Å²) in [7, 11) is 0. The number of hydrogen-bond donors (Lipinski definition) is 6. The van der Waals surface area contributed by atoms with Gasteiger partial charge in [-0.05, 0) is 24.1 Å². The van der Waals surface area contributed by atoms with Crippen LogP contribution in [-0.2, 0) is 15.9 Å². The molecule has 0 aromatic heterocycles. The van der Waals surface area contributed by atoms with Gasteiger partial charge >= 0.3 is 0 Å². The minimum atomic E-state index is -1.48. The van der Waals surface area contributed by atoms with Gasteiger partial charge in [0.1, 0.15) is 24.4 Å². The van der Waals surface area contributed by atoms with Gasteiger partial charge in [0, 0.05) is 0 Å². The second-order valence-corrected chi connectivity index (χ2v) is 5.14. The molecule has 0 aliphatic carbocycles. The third kappa shape index (κ3) is 3.67. The number of rotatable bonds is 5. The molecule has 124 valence electrons. The molecular formula is C14H20O8. The topological polar surface area (TPSA) is 140 Å². The highest BCUT2D eigenvalue weighted by atomic mass is 16.7. The highest BCUT2D eigenvalue weighted by Crippen LogP contribution is 2.25. The molecule has 0 amide bonds. The molecule has 2 rings (SSSR count). The monoisotopic (exact) mass is 316 g/mol. The number of benzene rings is 1. The second-order valence-electron chi connectivity index (χ2n) is 5.14. The maximum atomic E-state index is 9.78. The zero-order valence-electron chi connectivity index (χ0n) is 11.7. The average Bonchev–Trinajstić information content (AvgIpc) is 2.51. The van der Waals surface area contributed by atoms with Gasteiger partial charge < -0.3 is 40.1 Å². The molecule has 1 aliphatic heterocycles. The smallest absolute Gasteiger partial charge is 0.186 e. The van der Waals surface area contributed by atoms with Gasteiger partial charge in [-0.15, -0.1) is 0 Å². The summed E-state index contributed by atoms with van der Waals surface area (Å²) >= 11 is 0. The number of phenols is 2. The van der Waals surface area contributed by atoms with Crippen LogP contribution < -0.4 is 0 Å². The van der Waals surface area contributed by atoms with Crippen LogP contribution in [0.1, 0.15) is 5.56 Å². The molecule has 1 aliphatic rings. The molecule has 0 radical (unpaired) electrons. The summed E-state index contributed by atoms with van der Waals surface area (Å²) in [6, 6.07) is 4.33. The molecule has 0 bridgehead atoms. The van der Waals surface area contributed by atoms with Crippen LogP contribution in [0.15, 0.2) is 18.2 Å². The minimum Gasteiger partial charge on any atom is -0.504 e. The Hall–Kier alpha value is -1.42. The maximum Gasteiger partial charge on any atom is 0.186 e. The zero-order chi connectivity index (χ0) is 16.3. The van der Waals surface area contributed by atoms with E-state index in [0.717, 1.165) is 0 Å². The molecule has 22 heavy (non-hydrogen) atoms. The average molecular weight is 316 g/mol. The Balaban J connectivity index is 1.88. The number of aromatic hydroxyl groups is 2. The standard InChI is InChI=1S/C14H20O8/c15-6-10-11(18)12(19)13(20)14(22-10)21-4-3-7-1-2-8(16)9(17)5-7/h1-2,5,10-20H,3-4,6H2/t10-,11+,12+,13-,14?/m1/s1. The Morgan fingerprint density at radius 3 is 2.36 bits per heavy atom. The highest BCUT2D eigenvalue weighted by molar-refractivity contribution is 5.40. The quantitative estimate of drug-likeness (QED) is 0.359. The molecule has 5 atom stereocenters. The van der Waals surface area contributed by atoms with E-state index in [-0.39, 0.29) is 18.1 Å². The van der Waals surface area contributed by atoms with Crippen molar-refractivity contribution in [2.45, 2.75) is 37.1 Å². The molecule has 1 unspecified atom stereocenters. The number of phenolic OH excluding ortho intramolecular Hbond substituents is 2. The van der Waals surface area contributed by atoms with Crippen LogP contribution in [0.5, 0.6) is 11.5 Å². The molecule has 1 saturated heterocycles. The molecule has 0 spiro atoms. The normalized spacial score (nSPS) is 32.1. The van der Waals surface area contributed by atoms with Crippen LogP contribution in [0, 0.1) is 0 Å². The highest BCUT2D eigenvalue weighted by Gasteiger charge is 2.43. The fourth-order valence-corrected chi connectivity index (χ4v) is 2.22. The number of aliphatic hydroxyl groups is 4.